The van der Waals surface area contributed by atoms with E-state index >= 15 is 0 Å². The van der Waals surface area contributed by atoms with Crippen molar-refractivity contribution in [3.63, 3.8) is 0 Å². The number of amides is 1. The van der Waals surface area contributed by atoms with Crippen LogP contribution in [0.2, 0.25) is 0 Å². The van der Waals surface area contributed by atoms with Crippen molar-refractivity contribution in [3.8, 4) is 5.75 Å². The molecule has 0 atom stereocenters. The van der Waals surface area contributed by atoms with Gasteiger partial charge in [-0.25, -0.2) is 0 Å². The van der Waals surface area contributed by atoms with Crippen molar-refractivity contribution in [2.75, 3.05) is 46.0 Å². The molecule has 0 aromatic heterocycles. The molecule has 1 aliphatic rings. The number of rotatable bonds is 10. The number of nitrogens with one attached hydrogen (secondary N) is 1. The zero-order valence-corrected chi connectivity index (χ0v) is 15.0. The second kappa shape index (κ2) is 10.8. The molecule has 0 saturated carbocycles. The molecule has 1 aromatic carbocycles. The fourth-order valence-corrected chi connectivity index (χ4v) is 2.72. The molecule has 1 N–H and O–H groups in total. The highest BCUT2D eigenvalue weighted by Gasteiger charge is 2.11. The lowest BCUT2D eigenvalue weighted by atomic mass is 10.1. The molecular weight excluding hydrogens is 320 g/mol. The number of hydrogen-bond donors (Lipinski definition) is 1. The van der Waals surface area contributed by atoms with Gasteiger partial charge in [0, 0.05) is 38.0 Å². The summed E-state index contributed by atoms with van der Waals surface area (Å²) in [5.74, 6) is 0.657. The fourth-order valence-electron chi connectivity index (χ4n) is 2.72. The van der Waals surface area contributed by atoms with Crippen LogP contribution in [0.3, 0.4) is 0 Å². The van der Waals surface area contributed by atoms with E-state index in [-0.39, 0.29) is 24.5 Å². The molecule has 6 heteroatoms. The van der Waals surface area contributed by atoms with E-state index in [1.54, 1.807) is 24.3 Å². The summed E-state index contributed by atoms with van der Waals surface area (Å²) < 4.78 is 10.7. The Kier molecular flexibility index (Phi) is 8.42. The van der Waals surface area contributed by atoms with Crippen LogP contribution in [0.1, 0.15) is 36.5 Å². The quantitative estimate of drug-likeness (QED) is 0.517. The Balaban J connectivity index is 1.59. The number of ether oxygens (including phenoxy) is 2. The van der Waals surface area contributed by atoms with Crippen molar-refractivity contribution < 1.29 is 19.1 Å². The lowest BCUT2D eigenvalue weighted by Crippen LogP contribution is -2.38. The van der Waals surface area contributed by atoms with Crippen LogP contribution >= 0.6 is 0 Å². The van der Waals surface area contributed by atoms with Crippen molar-refractivity contribution in [2.24, 2.45) is 0 Å². The molecule has 1 saturated heterocycles. The lowest BCUT2D eigenvalue weighted by molar-refractivity contribution is -0.121. The van der Waals surface area contributed by atoms with Gasteiger partial charge in [0.25, 0.3) is 0 Å². The summed E-state index contributed by atoms with van der Waals surface area (Å²) in [5, 5.41) is 2.89. The third kappa shape index (κ3) is 7.23. The van der Waals surface area contributed by atoms with Crippen LogP contribution in [-0.2, 0) is 9.53 Å². The zero-order chi connectivity index (χ0) is 17.9. The predicted octanol–water partition coefficient (Wildman–Crippen LogP) is 1.89. The molecular formula is C19H28N2O4. The van der Waals surface area contributed by atoms with Crippen LogP contribution in [0, 0.1) is 0 Å². The number of carbonyl (C=O) groups is 2. The van der Waals surface area contributed by atoms with Crippen LogP contribution < -0.4 is 10.1 Å². The topological polar surface area (TPSA) is 67.9 Å². The van der Waals surface area contributed by atoms with Gasteiger partial charge < -0.3 is 14.8 Å². The molecule has 0 unspecified atom stereocenters. The maximum absolute atomic E-state index is 12.1. The van der Waals surface area contributed by atoms with Gasteiger partial charge in [0.15, 0.2) is 5.78 Å². The molecule has 25 heavy (non-hydrogen) atoms. The average Bonchev–Trinajstić information content (AvgIpc) is 2.65. The van der Waals surface area contributed by atoms with Crippen molar-refractivity contribution in [1.82, 2.24) is 10.2 Å². The summed E-state index contributed by atoms with van der Waals surface area (Å²) in [4.78, 5) is 26.3. The van der Waals surface area contributed by atoms with Gasteiger partial charge in [0.2, 0.25) is 5.91 Å². The Bertz CT molecular complexity index is 539. The van der Waals surface area contributed by atoms with E-state index in [0.717, 1.165) is 45.0 Å². The average molecular weight is 348 g/mol. The van der Waals surface area contributed by atoms with E-state index in [9.17, 15) is 9.59 Å². The number of benzene rings is 1. The first-order valence-electron chi connectivity index (χ1n) is 9.02. The van der Waals surface area contributed by atoms with E-state index in [1.165, 1.54) is 0 Å². The standard InChI is InChI=1S/C19H28N2O4/c1-2-25-17-6-4-16(5-7-17)18(22)8-9-19(23)20-10-3-11-21-12-14-24-15-13-21/h4-7H,2-3,8-15H2,1H3,(H,20,23). The van der Waals surface area contributed by atoms with Gasteiger partial charge in [-0.15, -0.1) is 0 Å². The van der Waals surface area contributed by atoms with E-state index in [1.807, 2.05) is 6.92 Å². The first kappa shape index (κ1) is 19.4. The maximum Gasteiger partial charge on any atom is 0.220 e. The van der Waals surface area contributed by atoms with Gasteiger partial charge in [-0.2, -0.15) is 0 Å². The summed E-state index contributed by atoms with van der Waals surface area (Å²) in [6.07, 6.45) is 1.37. The highest BCUT2D eigenvalue weighted by atomic mass is 16.5. The number of Topliss-reactive ketones (excluding diaryl/α,β-unsaturated/α-hetero) is 1. The highest BCUT2D eigenvalue weighted by Crippen LogP contribution is 2.14. The minimum Gasteiger partial charge on any atom is -0.494 e. The van der Waals surface area contributed by atoms with E-state index in [2.05, 4.69) is 10.2 Å². The lowest BCUT2D eigenvalue weighted by Gasteiger charge is -2.26. The molecule has 0 radical (unpaired) electrons. The molecule has 1 fully saturated rings. The normalized spacial score (nSPS) is 14.9. The molecule has 2 rings (SSSR count). The van der Waals surface area contributed by atoms with Crippen LogP contribution in [0.5, 0.6) is 5.75 Å². The van der Waals surface area contributed by atoms with Crippen molar-refractivity contribution >= 4 is 11.7 Å². The molecule has 0 bridgehead atoms. The Morgan fingerprint density at radius 2 is 1.88 bits per heavy atom. The van der Waals surface area contributed by atoms with Gasteiger partial charge in [-0.05, 0) is 44.2 Å². The summed E-state index contributed by atoms with van der Waals surface area (Å²) in [6, 6.07) is 7.05. The van der Waals surface area contributed by atoms with Crippen LogP contribution in [0.25, 0.3) is 0 Å². The van der Waals surface area contributed by atoms with Crippen LogP contribution in [0.15, 0.2) is 24.3 Å². The van der Waals surface area contributed by atoms with Gasteiger partial charge >= 0.3 is 0 Å². The summed E-state index contributed by atoms with van der Waals surface area (Å²) in [7, 11) is 0. The number of hydrogen-bond acceptors (Lipinski definition) is 5. The minimum absolute atomic E-state index is 0.0217. The number of nitrogens with zero attached hydrogens (tertiary/aromatic N) is 1. The molecule has 1 aliphatic heterocycles. The van der Waals surface area contributed by atoms with Gasteiger partial charge in [0.05, 0.1) is 19.8 Å². The molecule has 1 aromatic rings. The largest absolute Gasteiger partial charge is 0.494 e. The smallest absolute Gasteiger partial charge is 0.220 e. The molecule has 0 spiro atoms. The molecule has 0 aliphatic carbocycles. The van der Waals surface area contributed by atoms with Crippen molar-refractivity contribution in [1.29, 1.82) is 0 Å². The number of ketones is 1. The third-order valence-electron chi connectivity index (χ3n) is 4.14. The second-order valence-electron chi connectivity index (χ2n) is 6.04. The Morgan fingerprint density at radius 1 is 1.16 bits per heavy atom. The fraction of sp³-hybridized carbons (Fsp3) is 0.579. The van der Waals surface area contributed by atoms with Crippen LogP contribution in [0.4, 0.5) is 0 Å². The van der Waals surface area contributed by atoms with Gasteiger partial charge in [-0.1, -0.05) is 0 Å². The predicted molar refractivity (Wildman–Crippen MR) is 96.1 cm³/mol. The summed E-state index contributed by atoms with van der Waals surface area (Å²) in [5.41, 5.74) is 0.614. The SMILES string of the molecule is CCOc1ccc(C(=O)CCC(=O)NCCCN2CCOCC2)cc1. The highest BCUT2D eigenvalue weighted by molar-refractivity contribution is 5.98. The summed E-state index contributed by atoms with van der Waals surface area (Å²) >= 11 is 0. The Morgan fingerprint density at radius 3 is 2.56 bits per heavy atom. The van der Waals surface area contributed by atoms with E-state index in [4.69, 9.17) is 9.47 Å². The number of morpholine rings is 1. The monoisotopic (exact) mass is 348 g/mol. The second-order valence-corrected chi connectivity index (χ2v) is 6.04. The molecule has 6 nitrogen and oxygen atoms in total. The van der Waals surface area contributed by atoms with E-state index < -0.39 is 0 Å². The van der Waals surface area contributed by atoms with Gasteiger partial charge in [-0.3, -0.25) is 14.5 Å². The van der Waals surface area contributed by atoms with E-state index in [0.29, 0.717) is 18.7 Å². The number of carbonyl (C=O) groups excluding carboxylic acids is 2. The van der Waals surface area contributed by atoms with Gasteiger partial charge in [0.1, 0.15) is 5.75 Å². The Hall–Kier alpha value is -1.92. The molecule has 1 heterocycles. The van der Waals surface area contributed by atoms with Crippen LogP contribution in [-0.4, -0.2) is 62.6 Å². The molecule has 138 valence electrons. The maximum atomic E-state index is 12.1. The minimum atomic E-state index is -0.0683. The van der Waals surface area contributed by atoms with Crippen molar-refractivity contribution in [2.45, 2.75) is 26.2 Å². The van der Waals surface area contributed by atoms with Crippen molar-refractivity contribution in [3.05, 3.63) is 29.8 Å². The first-order chi connectivity index (χ1) is 12.2. The molecule has 1 amide bonds. The zero-order valence-electron chi connectivity index (χ0n) is 15.0. The summed E-state index contributed by atoms with van der Waals surface area (Å²) in [6.45, 7) is 7.63. The first-order valence-corrected chi connectivity index (χ1v) is 9.02. The Labute approximate surface area is 149 Å². The third-order valence-corrected chi connectivity index (χ3v) is 4.14.